The van der Waals surface area contributed by atoms with E-state index in [9.17, 15) is 14.4 Å². The predicted molar refractivity (Wildman–Crippen MR) is 142 cm³/mol. The van der Waals surface area contributed by atoms with Gasteiger partial charge in [0.15, 0.2) is 5.76 Å². The van der Waals surface area contributed by atoms with E-state index in [2.05, 4.69) is 26.3 Å². The average molecular weight is 588 g/mol. The van der Waals surface area contributed by atoms with E-state index in [0.29, 0.717) is 55.7 Å². The van der Waals surface area contributed by atoms with Crippen LogP contribution < -0.4 is 10.1 Å². The maximum atomic E-state index is 13.1. The van der Waals surface area contributed by atoms with Gasteiger partial charge in [-0.15, -0.1) is 0 Å². The van der Waals surface area contributed by atoms with E-state index in [4.69, 9.17) is 13.9 Å². The molecule has 1 aliphatic rings. The highest BCUT2D eigenvalue weighted by Crippen LogP contribution is 2.21. The fourth-order valence-corrected chi connectivity index (χ4v) is 4.22. The Hall–Kier alpha value is -3.80. The molecular weight excluding hydrogens is 558 g/mol. The third-order valence-corrected chi connectivity index (χ3v) is 6.65. The van der Waals surface area contributed by atoms with E-state index in [1.807, 2.05) is 24.3 Å². The van der Waals surface area contributed by atoms with Gasteiger partial charge in [0.1, 0.15) is 24.2 Å². The molecule has 3 amide bonds. The van der Waals surface area contributed by atoms with Gasteiger partial charge in [-0.2, -0.15) is 5.10 Å². The molecule has 1 saturated heterocycles. The molecule has 0 aliphatic carbocycles. The van der Waals surface area contributed by atoms with Crippen LogP contribution in [0.3, 0.4) is 0 Å². The quantitative estimate of drug-likeness (QED) is 0.418. The van der Waals surface area contributed by atoms with Crippen LogP contribution in [0.1, 0.15) is 41.9 Å². The highest BCUT2D eigenvalue weighted by Gasteiger charge is 2.29. The van der Waals surface area contributed by atoms with Crippen molar-refractivity contribution < 1.29 is 28.3 Å². The number of halogens is 1. The molecule has 4 rings (SSSR count). The van der Waals surface area contributed by atoms with E-state index in [1.165, 1.54) is 4.68 Å². The van der Waals surface area contributed by atoms with Gasteiger partial charge in [-0.25, -0.2) is 4.79 Å². The Bertz CT molecular complexity index is 1280. The Labute approximate surface area is 228 Å². The maximum absolute atomic E-state index is 13.1. The molecule has 3 aromatic rings. The summed E-state index contributed by atoms with van der Waals surface area (Å²) in [7, 11) is 0. The Kier molecular flexibility index (Phi) is 8.72. The van der Waals surface area contributed by atoms with Gasteiger partial charge in [0.25, 0.3) is 5.91 Å². The standard InChI is InChI=1S/C26H30BrN5O6/c1-4-36-26(35)31-13-11-30(12-14-31)25(34)18(3)32-15-22(17(2)29-32)28-24(33)23-10-9-21(38-23)16-37-20-7-5-19(27)6-8-20/h5-10,15,18H,4,11-14,16H2,1-3H3,(H,28,33). The molecule has 1 aliphatic heterocycles. The van der Waals surface area contributed by atoms with E-state index < -0.39 is 11.9 Å². The number of carbonyl (C=O) groups is 3. The summed E-state index contributed by atoms with van der Waals surface area (Å²) in [6, 6.07) is 10.1. The number of ether oxygens (including phenoxy) is 2. The largest absolute Gasteiger partial charge is 0.486 e. The van der Waals surface area contributed by atoms with Crippen molar-refractivity contribution in [1.82, 2.24) is 19.6 Å². The van der Waals surface area contributed by atoms with Crippen molar-refractivity contribution >= 4 is 39.5 Å². The van der Waals surface area contributed by atoms with Crippen molar-refractivity contribution in [2.24, 2.45) is 0 Å². The van der Waals surface area contributed by atoms with Crippen LogP contribution >= 0.6 is 15.9 Å². The second kappa shape index (κ2) is 12.2. The molecule has 202 valence electrons. The molecule has 1 unspecified atom stereocenters. The number of carbonyl (C=O) groups excluding carboxylic acids is 3. The first-order valence-electron chi connectivity index (χ1n) is 12.3. The fraction of sp³-hybridized carbons (Fsp3) is 0.385. The van der Waals surface area contributed by atoms with Crippen LogP contribution in [-0.4, -0.2) is 70.3 Å². The highest BCUT2D eigenvalue weighted by atomic mass is 79.9. The van der Waals surface area contributed by atoms with Gasteiger partial charge in [-0.1, -0.05) is 15.9 Å². The lowest BCUT2D eigenvalue weighted by Gasteiger charge is -2.35. The molecule has 38 heavy (non-hydrogen) atoms. The number of nitrogens with zero attached hydrogens (tertiary/aromatic N) is 4. The van der Waals surface area contributed by atoms with Crippen LogP contribution in [-0.2, 0) is 16.1 Å². The molecule has 11 nitrogen and oxygen atoms in total. The number of hydrogen-bond acceptors (Lipinski definition) is 7. The summed E-state index contributed by atoms with van der Waals surface area (Å²) in [4.78, 5) is 41.0. The summed E-state index contributed by atoms with van der Waals surface area (Å²) in [6.45, 7) is 7.41. The van der Waals surface area contributed by atoms with Crippen LogP contribution in [0.5, 0.6) is 5.75 Å². The number of furan rings is 1. The minimum absolute atomic E-state index is 0.115. The SMILES string of the molecule is CCOC(=O)N1CCN(C(=O)C(C)n2cc(NC(=O)c3ccc(COc4ccc(Br)cc4)o3)c(C)n2)CC1. The third-order valence-electron chi connectivity index (χ3n) is 6.12. The van der Waals surface area contributed by atoms with Crippen LogP contribution in [0.25, 0.3) is 0 Å². The molecule has 1 fully saturated rings. The van der Waals surface area contributed by atoms with Crippen LogP contribution in [0, 0.1) is 6.92 Å². The smallest absolute Gasteiger partial charge is 0.409 e. The van der Waals surface area contributed by atoms with E-state index in [-0.39, 0.29) is 24.4 Å². The summed E-state index contributed by atoms with van der Waals surface area (Å²) in [5.41, 5.74) is 1.04. The Morgan fingerprint density at radius 1 is 1.08 bits per heavy atom. The van der Waals surface area contributed by atoms with Gasteiger partial charge in [0.2, 0.25) is 5.91 Å². The first-order chi connectivity index (χ1) is 18.2. The number of hydrogen-bond donors (Lipinski definition) is 1. The van der Waals surface area contributed by atoms with Gasteiger partial charge >= 0.3 is 6.09 Å². The van der Waals surface area contributed by atoms with Crippen molar-refractivity contribution in [2.45, 2.75) is 33.4 Å². The number of anilines is 1. The number of rotatable bonds is 8. The summed E-state index contributed by atoms with van der Waals surface area (Å²) in [5.74, 6) is 0.776. The molecule has 0 spiro atoms. The molecule has 12 heteroatoms. The normalized spacial score (nSPS) is 14.2. The highest BCUT2D eigenvalue weighted by molar-refractivity contribution is 9.10. The number of aryl methyl sites for hydroxylation is 1. The van der Waals surface area contributed by atoms with Gasteiger partial charge in [-0.3, -0.25) is 14.3 Å². The van der Waals surface area contributed by atoms with Crippen molar-refractivity contribution in [1.29, 1.82) is 0 Å². The zero-order chi connectivity index (χ0) is 27.2. The summed E-state index contributed by atoms with van der Waals surface area (Å²) < 4.78 is 18.8. The lowest BCUT2D eigenvalue weighted by Crippen LogP contribution is -2.52. The molecule has 0 saturated carbocycles. The summed E-state index contributed by atoms with van der Waals surface area (Å²) in [6.07, 6.45) is 1.27. The van der Waals surface area contributed by atoms with E-state index >= 15 is 0 Å². The second-order valence-corrected chi connectivity index (χ2v) is 9.67. The Balaban J connectivity index is 1.32. The zero-order valence-electron chi connectivity index (χ0n) is 21.5. The van der Waals surface area contributed by atoms with Gasteiger partial charge in [0.05, 0.1) is 18.0 Å². The summed E-state index contributed by atoms with van der Waals surface area (Å²) in [5, 5.41) is 7.23. The van der Waals surface area contributed by atoms with Crippen molar-refractivity contribution in [3.8, 4) is 5.75 Å². The predicted octanol–water partition coefficient (Wildman–Crippen LogP) is 4.24. The Morgan fingerprint density at radius 3 is 2.45 bits per heavy atom. The number of aromatic nitrogens is 2. The third kappa shape index (κ3) is 6.55. The first-order valence-corrected chi connectivity index (χ1v) is 13.1. The summed E-state index contributed by atoms with van der Waals surface area (Å²) >= 11 is 3.38. The molecule has 0 bridgehead atoms. The first kappa shape index (κ1) is 27.2. The van der Waals surface area contributed by atoms with Gasteiger partial charge in [0, 0.05) is 36.8 Å². The minimum atomic E-state index is -0.584. The van der Waals surface area contributed by atoms with Crippen LogP contribution in [0.4, 0.5) is 10.5 Å². The average Bonchev–Trinajstić information content (AvgIpc) is 3.54. The topological polar surface area (TPSA) is 119 Å². The van der Waals surface area contributed by atoms with Crippen LogP contribution in [0.2, 0.25) is 0 Å². The minimum Gasteiger partial charge on any atom is -0.486 e. The number of benzene rings is 1. The van der Waals surface area contributed by atoms with Crippen LogP contribution in [0.15, 0.2) is 51.5 Å². The number of nitrogens with one attached hydrogen (secondary N) is 1. The van der Waals surface area contributed by atoms with Gasteiger partial charge in [-0.05, 0) is 57.2 Å². The molecule has 0 radical (unpaired) electrons. The molecule has 1 atom stereocenters. The van der Waals surface area contributed by atoms with E-state index in [0.717, 1.165) is 4.47 Å². The molecular formula is C26H30BrN5O6. The molecule has 2 aromatic heterocycles. The molecule has 1 N–H and O–H groups in total. The second-order valence-electron chi connectivity index (χ2n) is 8.76. The number of amides is 3. The monoisotopic (exact) mass is 587 g/mol. The lowest BCUT2D eigenvalue weighted by atomic mass is 10.2. The van der Waals surface area contributed by atoms with Crippen molar-refractivity contribution in [3.63, 3.8) is 0 Å². The lowest BCUT2D eigenvalue weighted by molar-refractivity contribution is -0.136. The van der Waals surface area contributed by atoms with Gasteiger partial charge < -0.3 is 29.0 Å². The fourth-order valence-electron chi connectivity index (χ4n) is 3.95. The zero-order valence-corrected chi connectivity index (χ0v) is 23.1. The maximum Gasteiger partial charge on any atom is 0.409 e. The molecule has 1 aromatic carbocycles. The Morgan fingerprint density at radius 2 is 1.76 bits per heavy atom. The molecule has 3 heterocycles. The van der Waals surface area contributed by atoms with Crippen molar-refractivity contribution in [3.05, 3.63) is 64.3 Å². The number of piperazine rings is 1. The van der Waals surface area contributed by atoms with E-state index in [1.54, 1.807) is 48.9 Å². The van der Waals surface area contributed by atoms with Crippen molar-refractivity contribution in [2.75, 3.05) is 38.1 Å².